The maximum absolute atomic E-state index is 4.60. The van der Waals surface area contributed by atoms with Crippen molar-refractivity contribution < 1.29 is 0 Å². The van der Waals surface area contributed by atoms with E-state index in [4.69, 9.17) is 0 Å². The van der Waals surface area contributed by atoms with Crippen LogP contribution >= 0.6 is 0 Å². The summed E-state index contributed by atoms with van der Waals surface area (Å²) in [5.74, 6) is 3.87. The minimum Gasteiger partial charge on any atom is -0.370 e. The fraction of sp³-hybridized carbons (Fsp3) is 0.733. The van der Waals surface area contributed by atoms with E-state index in [1.54, 1.807) is 0 Å². The molecule has 0 aromatic carbocycles. The number of hydrogen-bond donors (Lipinski definition) is 2. The van der Waals surface area contributed by atoms with E-state index in [1.165, 1.54) is 6.42 Å². The zero-order valence-electron chi connectivity index (χ0n) is 12.7. The van der Waals surface area contributed by atoms with E-state index in [0.717, 1.165) is 36.5 Å². The number of anilines is 2. The lowest BCUT2D eigenvalue weighted by Crippen LogP contribution is -2.12. The molecule has 4 nitrogen and oxygen atoms in total. The molecule has 1 aliphatic carbocycles. The lowest BCUT2D eigenvalue weighted by Gasteiger charge is -2.12. The van der Waals surface area contributed by atoms with Crippen LogP contribution in [0.4, 0.5) is 11.6 Å². The molecule has 4 heteroatoms. The molecule has 1 aromatic heterocycles. The molecule has 19 heavy (non-hydrogen) atoms. The molecule has 1 unspecified atom stereocenters. The summed E-state index contributed by atoms with van der Waals surface area (Å²) in [5.41, 5.74) is 0.505. The van der Waals surface area contributed by atoms with Crippen molar-refractivity contribution in [1.29, 1.82) is 0 Å². The summed E-state index contributed by atoms with van der Waals surface area (Å²) in [6.45, 7) is 12.9. The van der Waals surface area contributed by atoms with Crippen LogP contribution < -0.4 is 10.6 Å². The Labute approximate surface area is 116 Å². The molecule has 2 N–H and O–H groups in total. The van der Waals surface area contributed by atoms with Crippen LogP contribution in [0, 0.1) is 11.3 Å². The molecule has 0 amide bonds. The van der Waals surface area contributed by atoms with Crippen LogP contribution in [0.15, 0.2) is 6.07 Å². The van der Waals surface area contributed by atoms with E-state index in [1.807, 2.05) is 6.07 Å². The molecule has 0 radical (unpaired) electrons. The van der Waals surface area contributed by atoms with Crippen LogP contribution in [-0.2, 0) is 0 Å². The normalized spacial score (nSPS) is 20.4. The maximum Gasteiger partial charge on any atom is 0.135 e. The topological polar surface area (TPSA) is 49.8 Å². The van der Waals surface area contributed by atoms with Gasteiger partial charge in [0.1, 0.15) is 17.5 Å². The third kappa shape index (κ3) is 3.58. The molecule has 0 saturated heterocycles. The van der Waals surface area contributed by atoms with Crippen molar-refractivity contribution in [1.82, 2.24) is 9.97 Å². The smallest absolute Gasteiger partial charge is 0.135 e. The second-order valence-electron chi connectivity index (χ2n) is 6.45. The van der Waals surface area contributed by atoms with Gasteiger partial charge in [0.25, 0.3) is 0 Å². The highest BCUT2D eigenvalue weighted by Crippen LogP contribution is 2.51. The Balaban J connectivity index is 2.05. The Morgan fingerprint density at radius 1 is 1.26 bits per heavy atom. The minimum atomic E-state index is 0.344. The molecular formula is C15H26N4. The Hall–Kier alpha value is -1.32. The molecule has 1 heterocycles. The van der Waals surface area contributed by atoms with E-state index in [0.29, 0.717) is 11.3 Å². The second kappa shape index (κ2) is 5.35. The standard InChI is InChI=1S/C15H26N4/c1-6-16-12-7-13(19-14(18-12)10(2)3)17-9-11-8-15(11,4)5/h7,10-11H,6,8-9H2,1-5H3,(H2,16,17,18,19). The number of rotatable bonds is 6. The van der Waals surface area contributed by atoms with Crippen LogP contribution in [0.1, 0.15) is 52.8 Å². The van der Waals surface area contributed by atoms with Crippen LogP contribution in [0.2, 0.25) is 0 Å². The van der Waals surface area contributed by atoms with E-state index in [2.05, 4.69) is 55.2 Å². The second-order valence-corrected chi connectivity index (χ2v) is 6.45. The maximum atomic E-state index is 4.60. The predicted octanol–water partition coefficient (Wildman–Crippen LogP) is 3.49. The van der Waals surface area contributed by atoms with Crippen molar-refractivity contribution in [2.45, 2.75) is 47.0 Å². The first kappa shape index (κ1) is 14.1. The Morgan fingerprint density at radius 2 is 1.84 bits per heavy atom. The van der Waals surface area contributed by atoms with Gasteiger partial charge in [-0.15, -0.1) is 0 Å². The SMILES string of the molecule is CCNc1cc(NCC2CC2(C)C)nc(C(C)C)n1. The third-order valence-electron chi connectivity index (χ3n) is 3.86. The Bertz CT molecular complexity index is 440. The van der Waals surface area contributed by atoms with E-state index < -0.39 is 0 Å². The first-order valence-electron chi connectivity index (χ1n) is 7.29. The van der Waals surface area contributed by atoms with Crippen LogP contribution in [0.5, 0.6) is 0 Å². The van der Waals surface area contributed by atoms with Gasteiger partial charge in [-0.05, 0) is 24.7 Å². The lowest BCUT2D eigenvalue weighted by atomic mass is 10.1. The monoisotopic (exact) mass is 262 g/mol. The van der Waals surface area contributed by atoms with Crippen molar-refractivity contribution in [3.63, 3.8) is 0 Å². The van der Waals surface area contributed by atoms with Gasteiger partial charge < -0.3 is 10.6 Å². The highest BCUT2D eigenvalue weighted by molar-refractivity contribution is 5.48. The van der Waals surface area contributed by atoms with Gasteiger partial charge in [0.05, 0.1) is 0 Å². The van der Waals surface area contributed by atoms with E-state index in [-0.39, 0.29) is 0 Å². The van der Waals surface area contributed by atoms with Gasteiger partial charge in [0.15, 0.2) is 0 Å². The molecule has 0 aliphatic heterocycles. The van der Waals surface area contributed by atoms with Gasteiger partial charge in [-0.3, -0.25) is 0 Å². The summed E-state index contributed by atoms with van der Waals surface area (Å²) in [5, 5.41) is 6.74. The Kier molecular flexibility index (Phi) is 3.97. The Morgan fingerprint density at radius 3 is 2.32 bits per heavy atom. The molecule has 1 fully saturated rings. The van der Waals surface area contributed by atoms with Crippen molar-refractivity contribution in [3.8, 4) is 0 Å². The number of aromatic nitrogens is 2. The van der Waals surface area contributed by atoms with Crippen molar-refractivity contribution >= 4 is 11.6 Å². The minimum absolute atomic E-state index is 0.344. The summed E-state index contributed by atoms with van der Waals surface area (Å²) < 4.78 is 0. The summed E-state index contributed by atoms with van der Waals surface area (Å²) >= 11 is 0. The summed E-state index contributed by atoms with van der Waals surface area (Å²) in [6, 6.07) is 2.00. The highest BCUT2D eigenvalue weighted by atomic mass is 15.1. The molecule has 1 aromatic rings. The van der Waals surface area contributed by atoms with Gasteiger partial charge in [0.2, 0.25) is 0 Å². The predicted molar refractivity (Wildman–Crippen MR) is 80.7 cm³/mol. The number of hydrogen-bond acceptors (Lipinski definition) is 4. The quantitative estimate of drug-likeness (QED) is 0.824. The third-order valence-corrected chi connectivity index (χ3v) is 3.86. The summed E-state index contributed by atoms with van der Waals surface area (Å²) in [6.07, 6.45) is 1.31. The zero-order chi connectivity index (χ0) is 14.0. The summed E-state index contributed by atoms with van der Waals surface area (Å²) in [4.78, 5) is 9.13. The average Bonchev–Trinajstić information content (AvgIpc) is 2.95. The fourth-order valence-electron chi connectivity index (χ4n) is 2.24. The van der Waals surface area contributed by atoms with Crippen molar-refractivity contribution in [3.05, 3.63) is 11.9 Å². The largest absolute Gasteiger partial charge is 0.370 e. The lowest BCUT2D eigenvalue weighted by molar-refractivity contribution is 0.572. The van der Waals surface area contributed by atoms with Gasteiger partial charge in [-0.25, -0.2) is 9.97 Å². The first-order chi connectivity index (χ1) is 8.92. The average molecular weight is 262 g/mol. The molecule has 0 spiro atoms. The number of nitrogens with zero attached hydrogens (tertiary/aromatic N) is 2. The molecule has 2 rings (SSSR count). The van der Waals surface area contributed by atoms with Crippen LogP contribution in [0.25, 0.3) is 0 Å². The van der Waals surface area contributed by atoms with Crippen molar-refractivity contribution in [2.24, 2.45) is 11.3 Å². The fourth-order valence-corrected chi connectivity index (χ4v) is 2.24. The summed E-state index contributed by atoms with van der Waals surface area (Å²) in [7, 11) is 0. The van der Waals surface area contributed by atoms with Gasteiger partial charge in [0, 0.05) is 25.1 Å². The molecule has 1 saturated carbocycles. The zero-order valence-corrected chi connectivity index (χ0v) is 12.7. The molecule has 0 bridgehead atoms. The number of nitrogens with one attached hydrogen (secondary N) is 2. The molecule has 1 atom stereocenters. The first-order valence-corrected chi connectivity index (χ1v) is 7.29. The highest BCUT2D eigenvalue weighted by Gasteiger charge is 2.44. The van der Waals surface area contributed by atoms with E-state index in [9.17, 15) is 0 Å². The molecule has 1 aliphatic rings. The van der Waals surface area contributed by atoms with Gasteiger partial charge in [-0.2, -0.15) is 0 Å². The van der Waals surface area contributed by atoms with Crippen molar-refractivity contribution in [2.75, 3.05) is 23.7 Å². The van der Waals surface area contributed by atoms with Crippen LogP contribution in [-0.4, -0.2) is 23.1 Å². The van der Waals surface area contributed by atoms with Gasteiger partial charge >= 0.3 is 0 Å². The molecular weight excluding hydrogens is 236 g/mol. The van der Waals surface area contributed by atoms with Gasteiger partial charge in [-0.1, -0.05) is 27.7 Å². The van der Waals surface area contributed by atoms with Crippen LogP contribution in [0.3, 0.4) is 0 Å². The molecule has 106 valence electrons. The van der Waals surface area contributed by atoms with E-state index >= 15 is 0 Å².